The molecule has 4 rings (SSSR count). The van der Waals surface area contributed by atoms with Crippen molar-refractivity contribution in [2.24, 2.45) is 0 Å². The monoisotopic (exact) mass is 268 g/mol. The van der Waals surface area contributed by atoms with E-state index in [-0.39, 0.29) is 0 Å². The summed E-state index contributed by atoms with van der Waals surface area (Å²) in [4.78, 5) is 0. The number of aromatic nitrogens is 3. The zero-order valence-electron chi connectivity index (χ0n) is 11.7. The molecule has 0 radical (unpaired) electrons. The molecule has 1 aliphatic carbocycles. The van der Waals surface area contributed by atoms with Crippen molar-refractivity contribution in [3.63, 3.8) is 0 Å². The Labute approximate surface area is 119 Å². The van der Waals surface area contributed by atoms with Gasteiger partial charge in [-0.05, 0) is 49.4 Å². The van der Waals surface area contributed by atoms with Gasteiger partial charge in [-0.3, -0.25) is 0 Å². The van der Waals surface area contributed by atoms with E-state index in [0.29, 0.717) is 6.04 Å². The molecule has 1 fully saturated rings. The van der Waals surface area contributed by atoms with Gasteiger partial charge in [0.15, 0.2) is 5.82 Å². The van der Waals surface area contributed by atoms with Crippen molar-refractivity contribution in [2.45, 2.75) is 44.6 Å². The van der Waals surface area contributed by atoms with E-state index < -0.39 is 0 Å². The summed E-state index contributed by atoms with van der Waals surface area (Å²) < 4.78 is 2.28. The zero-order chi connectivity index (χ0) is 13.4. The van der Waals surface area contributed by atoms with Crippen LogP contribution in [0.2, 0.25) is 0 Å². The number of aryl methyl sites for hydroxylation is 1. The molecule has 1 aliphatic heterocycles. The summed E-state index contributed by atoms with van der Waals surface area (Å²) in [5, 5.41) is 12.0. The number of fused-ring (bicyclic) bond motifs is 1. The van der Waals surface area contributed by atoms with E-state index in [2.05, 4.69) is 38.3 Å². The Balaban J connectivity index is 1.72. The molecule has 2 heterocycles. The minimum Gasteiger partial charge on any atom is -0.385 e. The van der Waals surface area contributed by atoms with Gasteiger partial charge in [0, 0.05) is 23.8 Å². The Kier molecular flexibility index (Phi) is 2.94. The standard InChI is InChI=1S/C16H20N4/c1-2-6-14(5-1)20-11-18-19-16(20)13-7-8-15-12(10-13)4-3-9-17-15/h7-8,10-11,14,17H,1-6,9H2. The second-order valence-electron chi connectivity index (χ2n) is 5.90. The number of nitrogens with zero attached hydrogens (tertiary/aromatic N) is 3. The van der Waals surface area contributed by atoms with Crippen molar-refractivity contribution in [1.82, 2.24) is 14.8 Å². The van der Waals surface area contributed by atoms with Crippen molar-refractivity contribution in [3.05, 3.63) is 30.1 Å². The number of rotatable bonds is 2. The smallest absolute Gasteiger partial charge is 0.164 e. The number of benzene rings is 1. The highest BCUT2D eigenvalue weighted by molar-refractivity contribution is 5.64. The molecule has 2 aliphatic rings. The first-order valence-electron chi connectivity index (χ1n) is 7.68. The van der Waals surface area contributed by atoms with Crippen LogP contribution in [0.3, 0.4) is 0 Å². The average molecular weight is 268 g/mol. The SMILES string of the molecule is c1cc2c(cc1-c1nncn1C1CCCC1)CCCN2. The molecular weight excluding hydrogens is 248 g/mol. The summed E-state index contributed by atoms with van der Waals surface area (Å²) in [5.41, 5.74) is 3.90. The Bertz CT molecular complexity index is 611. The van der Waals surface area contributed by atoms with Crippen molar-refractivity contribution < 1.29 is 0 Å². The Morgan fingerprint density at radius 3 is 2.95 bits per heavy atom. The van der Waals surface area contributed by atoms with Crippen LogP contribution >= 0.6 is 0 Å². The predicted octanol–water partition coefficient (Wildman–Crippen LogP) is 3.42. The molecule has 0 spiro atoms. The molecule has 0 saturated heterocycles. The van der Waals surface area contributed by atoms with E-state index in [1.165, 1.54) is 48.9 Å². The highest BCUT2D eigenvalue weighted by atomic mass is 15.3. The molecule has 104 valence electrons. The van der Waals surface area contributed by atoms with E-state index in [1.807, 2.05) is 6.33 Å². The fraction of sp³-hybridized carbons (Fsp3) is 0.500. The van der Waals surface area contributed by atoms with Gasteiger partial charge in [0.25, 0.3) is 0 Å². The first-order valence-corrected chi connectivity index (χ1v) is 7.68. The first-order chi connectivity index (χ1) is 9.92. The number of hydrogen-bond acceptors (Lipinski definition) is 3. The Morgan fingerprint density at radius 1 is 1.15 bits per heavy atom. The van der Waals surface area contributed by atoms with Crippen LogP contribution in [0.4, 0.5) is 5.69 Å². The topological polar surface area (TPSA) is 42.7 Å². The highest BCUT2D eigenvalue weighted by Gasteiger charge is 2.21. The van der Waals surface area contributed by atoms with Crippen LogP contribution in [-0.4, -0.2) is 21.3 Å². The number of nitrogens with one attached hydrogen (secondary N) is 1. The van der Waals surface area contributed by atoms with Crippen molar-refractivity contribution in [3.8, 4) is 11.4 Å². The molecule has 1 aromatic carbocycles. The summed E-state index contributed by atoms with van der Waals surface area (Å²) in [7, 11) is 0. The number of hydrogen-bond donors (Lipinski definition) is 1. The molecule has 0 bridgehead atoms. The van der Waals surface area contributed by atoms with Crippen LogP contribution in [0.25, 0.3) is 11.4 Å². The third kappa shape index (κ3) is 1.99. The molecule has 1 N–H and O–H groups in total. The molecule has 0 amide bonds. The van der Waals surface area contributed by atoms with Crippen LogP contribution in [0.15, 0.2) is 24.5 Å². The summed E-state index contributed by atoms with van der Waals surface area (Å²) in [6, 6.07) is 7.25. The van der Waals surface area contributed by atoms with Crippen LogP contribution < -0.4 is 5.32 Å². The first kappa shape index (κ1) is 11.9. The van der Waals surface area contributed by atoms with E-state index in [4.69, 9.17) is 0 Å². The Morgan fingerprint density at radius 2 is 2.05 bits per heavy atom. The lowest BCUT2D eigenvalue weighted by Gasteiger charge is -2.19. The van der Waals surface area contributed by atoms with Crippen molar-refractivity contribution in [1.29, 1.82) is 0 Å². The summed E-state index contributed by atoms with van der Waals surface area (Å²) >= 11 is 0. The normalized spacial score (nSPS) is 18.8. The van der Waals surface area contributed by atoms with Crippen LogP contribution in [0.1, 0.15) is 43.7 Å². The largest absolute Gasteiger partial charge is 0.385 e. The Hall–Kier alpha value is -1.84. The lowest BCUT2D eigenvalue weighted by atomic mass is 10.0. The predicted molar refractivity (Wildman–Crippen MR) is 79.8 cm³/mol. The van der Waals surface area contributed by atoms with Gasteiger partial charge in [0.05, 0.1) is 0 Å². The molecule has 1 aromatic heterocycles. The maximum atomic E-state index is 4.37. The van der Waals surface area contributed by atoms with E-state index in [9.17, 15) is 0 Å². The third-order valence-electron chi connectivity index (χ3n) is 4.59. The van der Waals surface area contributed by atoms with E-state index in [0.717, 1.165) is 18.8 Å². The molecule has 1 saturated carbocycles. The summed E-state index contributed by atoms with van der Waals surface area (Å²) in [6.45, 7) is 1.09. The fourth-order valence-electron chi connectivity index (χ4n) is 3.51. The quantitative estimate of drug-likeness (QED) is 0.907. The van der Waals surface area contributed by atoms with Gasteiger partial charge in [-0.25, -0.2) is 0 Å². The molecule has 4 nitrogen and oxygen atoms in total. The second-order valence-corrected chi connectivity index (χ2v) is 5.90. The third-order valence-corrected chi connectivity index (χ3v) is 4.59. The van der Waals surface area contributed by atoms with Gasteiger partial charge in [-0.2, -0.15) is 0 Å². The highest BCUT2D eigenvalue weighted by Crippen LogP contribution is 2.34. The number of anilines is 1. The summed E-state index contributed by atoms with van der Waals surface area (Å²) in [6.07, 6.45) is 9.46. The van der Waals surface area contributed by atoms with E-state index in [1.54, 1.807) is 0 Å². The second kappa shape index (κ2) is 4.93. The average Bonchev–Trinajstić information content (AvgIpc) is 3.17. The van der Waals surface area contributed by atoms with Gasteiger partial charge in [0.2, 0.25) is 0 Å². The molecule has 2 aromatic rings. The van der Waals surface area contributed by atoms with Gasteiger partial charge in [-0.15, -0.1) is 10.2 Å². The molecule has 0 unspecified atom stereocenters. The fourth-order valence-corrected chi connectivity index (χ4v) is 3.51. The maximum Gasteiger partial charge on any atom is 0.164 e. The van der Waals surface area contributed by atoms with E-state index >= 15 is 0 Å². The lowest BCUT2D eigenvalue weighted by Crippen LogP contribution is -2.12. The summed E-state index contributed by atoms with van der Waals surface area (Å²) in [5.74, 6) is 1.03. The van der Waals surface area contributed by atoms with Gasteiger partial charge >= 0.3 is 0 Å². The lowest BCUT2D eigenvalue weighted by molar-refractivity contribution is 0.522. The van der Waals surface area contributed by atoms with Crippen LogP contribution in [0, 0.1) is 0 Å². The van der Waals surface area contributed by atoms with Crippen LogP contribution in [0.5, 0.6) is 0 Å². The van der Waals surface area contributed by atoms with Crippen molar-refractivity contribution in [2.75, 3.05) is 11.9 Å². The molecular formula is C16H20N4. The molecule has 20 heavy (non-hydrogen) atoms. The minimum absolute atomic E-state index is 0.592. The van der Waals surface area contributed by atoms with Crippen molar-refractivity contribution >= 4 is 5.69 Å². The van der Waals surface area contributed by atoms with Gasteiger partial charge in [-0.1, -0.05) is 12.8 Å². The van der Waals surface area contributed by atoms with Gasteiger partial charge < -0.3 is 9.88 Å². The van der Waals surface area contributed by atoms with Gasteiger partial charge in [0.1, 0.15) is 6.33 Å². The molecule has 4 heteroatoms. The maximum absolute atomic E-state index is 4.37. The zero-order valence-corrected chi connectivity index (χ0v) is 11.7. The minimum atomic E-state index is 0.592. The molecule has 0 atom stereocenters. The van der Waals surface area contributed by atoms with Crippen LogP contribution in [-0.2, 0) is 6.42 Å².